The second-order valence-electron chi connectivity index (χ2n) is 5.21. The third-order valence-corrected chi connectivity index (χ3v) is 2.81. The minimum absolute atomic E-state index is 0.0788. The molecule has 1 atom stereocenters. The highest BCUT2D eigenvalue weighted by Gasteiger charge is 2.15. The summed E-state index contributed by atoms with van der Waals surface area (Å²) >= 11 is 0. The van der Waals surface area contributed by atoms with Crippen molar-refractivity contribution in [2.75, 3.05) is 18.9 Å². The summed E-state index contributed by atoms with van der Waals surface area (Å²) in [5.74, 6) is 0.715. The van der Waals surface area contributed by atoms with Gasteiger partial charge in [-0.25, -0.2) is 0 Å². The molecule has 0 bridgehead atoms. The molecule has 4 N–H and O–H groups in total. The molecule has 0 saturated heterocycles. The van der Waals surface area contributed by atoms with Crippen molar-refractivity contribution in [1.82, 2.24) is 5.32 Å². The van der Waals surface area contributed by atoms with Crippen LogP contribution in [0.3, 0.4) is 0 Å². The van der Waals surface area contributed by atoms with Crippen LogP contribution < -0.4 is 15.8 Å². The van der Waals surface area contributed by atoms with E-state index >= 15 is 0 Å². The van der Waals surface area contributed by atoms with Gasteiger partial charge < -0.3 is 20.9 Å². The Morgan fingerprint density at radius 2 is 2.10 bits per heavy atom. The molecule has 1 amide bonds. The van der Waals surface area contributed by atoms with Crippen molar-refractivity contribution in [3.8, 4) is 5.75 Å². The van der Waals surface area contributed by atoms with E-state index in [0.29, 0.717) is 29.5 Å². The summed E-state index contributed by atoms with van der Waals surface area (Å²) in [7, 11) is 0. The lowest BCUT2D eigenvalue weighted by Crippen LogP contribution is -2.38. The summed E-state index contributed by atoms with van der Waals surface area (Å²) < 4.78 is 5.36. The number of nitrogens with one attached hydrogen (secondary N) is 1. The van der Waals surface area contributed by atoms with Gasteiger partial charge in [-0.05, 0) is 31.4 Å². The smallest absolute Gasteiger partial charge is 0.251 e. The number of carbonyl (C=O) groups excluding carboxylic acids is 1. The lowest BCUT2D eigenvalue weighted by molar-refractivity contribution is 0.0908. The van der Waals surface area contributed by atoms with Gasteiger partial charge in [-0.3, -0.25) is 4.79 Å². The first kappa shape index (κ1) is 16.3. The van der Waals surface area contributed by atoms with Gasteiger partial charge >= 0.3 is 0 Å². The normalized spacial score (nSPS) is 12.2. The zero-order chi connectivity index (χ0) is 15.1. The molecule has 5 heteroatoms. The van der Waals surface area contributed by atoms with Gasteiger partial charge in [0.25, 0.3) is 5.91 Å². The minimum Gasteiger partial charge on any atom is -0.494 e. The van der Waals surface area contributed by atoms with Gasteiger partial charge in [0.15, 0.2) is 0 Å². The number of aliphatic hydroxyl groups excluding tert-OH is 1. The molecule has 1 rings (SSSR count). The first-order valence-electron chi connectivity index (χ1n) is 6.91. The number of nitrogens with two attached hydrogens (primary N) is 1. The van der Waals surface area contributed by atoms with Crippen molar-refractivity contribution in [3.05, 3.63) is 23.8 Å². The number of carbonyl (C=O) groups is 1. The van der Waals surface area contributed by atoms with E-state index in [1.807, 2.05) is 20.8 Å². The largest absolute Gasteiger partial charge is 0.494 e. The van der Waals surface area contributed by atoms with Crippen molar-refractivity contribution in [2.24, 2.45) is 5.92 Å². The number of nitrogen functional groups attached to an aromatic ring is 1. The fourth-order valence-corrected chi connectivity index (χ4v) is 2.02. The van der Waals surface area contributed by atoms with Crippen molar-refractivity contribution in [3.63, 3.8) is 0 Å². The molecule has 0 aliphatic rings. The lowest BCUT2D eigenvalue weighted by atomic mass is 10.0. The van der Waals surface area contributed by atoms with Crippen LogP contribution >= 0.6 is 0 Å². The van der Waals surface area contributed by atoms with Gasteiger partial charge in [0.05, 0.1) is 19.3 Å². The standard InChI is InChI=1S/C15H24N2O3/c1-4-20-14-7-11(6-12(16)8-14)15(19)17-13(9-18)5-10(2)3/h6-8,10,13,18H,4-5,9,16H2,1-3H3,(H,17,19). The number of aliphatic hydroxyl groups is 1. The van der Waals surface area contributed by atoms with Crippen molar-refractivity contribution >= 4 is 11.6 Å². The fourth-order valence-electron chi connectivity index (χ4n) is 2.02. The van der Waals surface area contributed by atoms with E-state index in [0.717, 1.165) is 6.42 Å². The summed E-state index contributed by atoms with van der Waals surface area (Å²) in [6.45, 7) is 6.39. The molecule has 0 spiro atoms. The van der Waals surface area contributed by atoms with Crippen molar-refractivity contribution in [1.29, 1.82) is 0 Å². The van der Waals surface area contributed by atoms with Crippen LogP contribution in [0.5, 0.6) is 5.75 Å². The van der Waals surface area contributed by atoms with Crippen LogP contribution in [0.4, 0.5) is 5.69 Å². The number of ether oxygens (including phenoxy) is 1. The molecule has 0 heterocycles. The number of benzene rings is 1. The highest BCUT2D eigenvalue weighted by molar-refractivity contribution is 5.95. The van der Waals surface area contributed by atoms with Crippen LogP contribution in [-0.4, -0.2) is 30.3 Å². The van der Waals surface area contributed by atoms with Crippen LogP contribution in [0.1, 0.15) is 37.6 Å². The summed E-state index contributed by atoms with van der Waals surface area (Å²) in [4.78, 5) is 12.2. The Bertz CT molecular complexity index is 447. The molecule has 0 aromatic heterocycles. The highest BCUT2D eigenvalue weighted by atomic mass is 16.5. The quantitative estimate of drug-likeness (QED) is 0.665. The molecule has 0 fully saturated rings. The van der Waals surface area contributed by atoms with Crippen LogP contribution in [-0.2, 0) is 0 Å². The van der Waals surface area contributed by atoms with E-state index in [9.17, 15) is 9.90 Å². The van der Waals surface area contributed by atoms with E-state index in [1.165, 1.54) is 0 Å². The number of hydrogen-bond acceptors (Lipinski definition) is 4. The third-order valence-electron chi connectivity index (χ3n) is 2.81. The van der Waals surface area contributed by atoms with E-state index in [-0.39, 0.29) is 18.6 Å². The molecule has 5 nitrogen and oxygen atoms in total. The molecular formula is C15H24N2O3. The Balaban J connectivity index is 2.80. The molecule has 20 heavy (non-hydrogen) atoms. The van der Waals surface area contributed by atoms with E-state index in [2.05, 4.69) is 5.32 Å². The van der Waals surface area contributed by atoms with Crippen molar-refractivity contribution in [2.45, 2.75) is 33.2 Å². The summed E-state index contributed by atoms with van der Waals surface area (Å²) in [5.41, 5.74) is 6.68. The molecule has 1 aromatic rings. The average Bonchev–Trinajstić information content (AvgIpc) is 2.37. The Labute approximate surface area is 120 Å². The van der Waals surface area contributed by atoms with Gasteiger partial charge in [0.1, 0.15) is 5.75 Å². The SMILES string of the molecule is CCOc1cc(N)cc(C(=O)NC(CO)CC(C)C)c1. The maximum absolute atomic E-state index is 12.2. The second kappa shape index (κ2) is 7.75. The predicted molar refractivity (Wildman–Crippen MR) is 79.8 cm³/mol. The first-order chi connectivity index (χ1) is 9.46. The summed E-state index contributed by atoms with van der Waals surface area (Å²) in [6, 6.07) is 4.68. The molecule has 0 saturated carbocycles. The van der Waals surface area contributed by atoms with Crippen LogP contribution in [0, 0.1) is 5.92 Å². The topological polar surface area (TPSA) is 84.6 Å². The van der Waals surface area contributed by atoms with Gasteiger partial charge in [0, 0.05) is 17.3 Å². The molecule has 0 aliphatic carbocycles. The summed E-state index contributed by atoms with van der Waals surface area (Å²) in [5, 5.41) is 12.1. The molecular weight excluding hydrogens is 256 g/mol. The highest BCUT2D eigenvalue weighted by Crippen LogP contribution is 2.19. The third kappa shape index (κ3) is 5.09. The zero-order valence-electron chi connectivity index (χ0n) is 12.3. The van der Waals surface area contributed by atoms with Gasteiger partial charge in [-0.2, -0.15) is 0 Å². The first-order valence-corrected chi connectivity index (χ1v) is 6.91. The maximum Gasteiger partial charge on any atom is 0.251 e. The van der Waals surface area contributed by atoms with Crippen LogP contribution in [0.15, 0.2) is 18.2 Å². The van der Waals surface area contributed by atoms with Gasteiger partial charge in [0.2, 0.25) is 0 Å². The monoisotopic (exact) mass is 280 g/mol. The van der Waals surface area contributed by atoms with Crippen LogP contribution in [0.2, 0.25) is 0 Å². The molecule has 0 radical (unpaired) electrons. The Kier molecular flexibility index (Phi) is 6.31. The van der Waals surface area contributed by atoms with Crippen LogP contribution in [0.25, 0.3) is 0 Å². The fraction of sp³-hybridized carbons (Fsp3) is 0.533. The molecule has 1 unspecified atom stereocenters. The molecule has 0 aliphatic heterocycles. The van der Waals surface area contributed by atoms with Gasteiger partial charge in [-0.1, -0.05) is 13.8 Å². The van der Waals surface area contributed by atoms with E-state index < -0.39 is 0 Å². The average molecular weight is 280 g/mol. The Morgan fingerprint density at radius 3 is 2.65 bits per heavy atom. The second-order valence-corrected chi connectivity index (χ2v) is 5.21. The molecule has 112 valence electrons. The Morgan fingerprint density at radius 1 is 1.40 bits per heavy atom. The summed E-state index contributed by atoms with van der Waals surface area (Å²) in [6.07, 6.45) is 0.725. The lowest BCUT2D eigenvalue weighted by Gasteiger charge is -2.18. The zero-order valence-corrected chi connectivity index (χ0v) is 12.3. The predicted octanol–water partition coefficient (Wildman–Crippen LogP) is 1.80. The minimum atomic E-state index is -0.252. The van der Waals surface area contributed by atoms with Gasteiger partial charge in [-0.15, -0.1) is 0 Å². The Hall–Kier alpha value is -1.75. The number of rotatable bonds is 7. The maximum atomic E-state index is 12.2. The number of anilines is 1. The van der Waals surface area contributed by atoms with Crippen molar-refractivity contribution < 1.29 is 14.6 Å². The van der Waals surface area contributed by atoms with E-state index in [1.54, 1.807) is 18.2 Å². The molecule has 1 aromatic carbocycles. The van der Waals surface area contributed by atoms with E-state index in [4.69, 9.17) is 10.5 Å². The number of hydrogen-bond donors (Lipinski definition) is 3. The number of amides is 1.